The van der Waals surface area contributed by atoms with E-state index in [1.165, 1.54) is 30.4 Å². The van der Waals surface area contributed by atoms with E-state index in [4.69, 9.17) is 5.11 Å². The van der Waals surface area contributed by atoms with Gasteiger partial charge in [-0.15, -0.1) is 0 Å². The van der Waals surface area contributed by atoms with Gasteiger partial charge in [0.1, 0.15) is 6.54 Å². The second-order valence-electron chi connectivity index (χ2n) is 8.76. The number of rotatable bonds is 9. The van der Waals surface area contributed by atoms with Crippen LogP contribution in [-0.2, 0) is 11.3 Å². The summed E-state index contributed by atoms with van der Waals surface area (Å²) >= 11 is 0. The number of nitrogens with one attached hydrogen (secondary N) is 2. The molecular formula is C25H31N3O3. The van der Waals surface area contributed by atoms with Crippen LogP contribution in [0, 0.1) is 5.92 Å². The number of benzene rings is 2. The predicted octanol–water partition coefficient (Wildman–Crippen LogP) is 2.86. The Hall–Kier alpha value is -2.70. The molecule has 3 N–H and O–H groups in total. The summed E-state index contributed by atoms with van der Waals surface area (Å²) in [6.07, 6.45) is 3.68. The normalized spacial score (nSPS) is 21.5. The molecule has 0 radical (unpaired) electrons. The fraction of sp³-hybridized carbons (Fsp3) is 0.440. The second-order valence-corrected chi connectivity index (χ2v) is 8.76. The lowest BCUT2D eigenvalue weighted by Gasteiger charge is -2.32. The van der Waals surface area contributed by atoms with Crippen LogP contribution in [0.25, 0.3) is 0 Å². The lowest BCUT2D eigenvalue weighted by molar-refractivity contribution is -0.135. The number of hydrogen-bond acceptors (Lipinski definition) is 4. The number of carbonyl (C=O) groups is 2. The van der Waals surface area contributed by atoms with Crippen LogP contribution in [0.5, 0.6) is 0 Å². The van der Waals surface area contributed by atoms with Crippen molar-refractivity contribution in [3.8, 4) is 0 Å². The Labute approximate surface area is 183 Å². The molecule has 1 amide bonds. The Bertz CT molecular complexity index is 877. The molecule has 2 aromatic rings. The topological polar surface area (TPSA) is 81.7 Å². The van der Waals surface area contributed by atoms with Gasteiger partial charge in [0.2, 0.25) is 0 Å². The number of hydrogen-bond donors (Lipinski definition) is 3. The highest BCUT2D eigenvalue weighted by Gasteiger charge is 2.38. The van der Waals surface area contributed by atoms with Gasteiger partial charge in [-0.2, -0.15) is 0 Å². The van der Waals surface area contributed by atoms with Gasteiger partial charge in [-0.25, -0.2) is 0 Å². The molecule has 164 valence electrons. The van der Waals surface area contributed by atoms with Crippen LogP contribution in [0.4, 0.5) is 0 Å². The number of likely N-dealkylation sites (tertiary alicyclic amines) is 1. The van der Waals surface area contributed by atoms with E-state index in [2.05, 4.69) is 45.9 Å². The van der Waals surface area contributed by atoms with E-state index in [1.54, 1.807) is 12.1 Å². The monoisotopic (exact) mass is 421 g/mol. The van der Waals surface area contributed by atoms with Gasteiger partial charge < -0.3 is 15.7 Å². The summed E-state index contributed by atoms with van der Waals surface area (Å²) in [4.78, 5) is 24.9. The van der Waals surface area contributed by atoms with Crippen LogP contribution in [0.3, 0.4) is 0 Å². The maximum atomic E-state index is 11.9. The van der Waals surface area contributed by atoms with Crippen molar-refractivity contribution in [2.24, 2.45) is 5.92 Å². The molecule has 1 heterocycles. The molecule has 2 atom stereocenters. The van der Waals surface area contributed by atoms with Gasteiger partial charge in [0, 0.05) is 24.1 Å². The Morgan fingerprint density at radius 3 is 2.39 bits per heavy atom. The van der Waals surface area contributed by atoms with E-state index in [-0.39, 0.29) is 12.5 Å². The van der Waals surface area contributed by atoms with Crippen LogP contribution in [0.15, 0.2) is 54.6 Å². The number of piperidine rings is 1. The van der Waals surface area contributed by atoms with E-state index < -0.39 is 5.97 Å². The molecule has 31 heavy (non-hydrogen) atoms. The summed E-state index contributed by atoms with van der Waals surface area (Å²) in [5, 5.41) is 14.8. The van der Waals surface area contributed by atoms with Crippen LogP contribution in [0.1, 0.15) is 46.7 Å². The van der Waals surface area contributed by atoms with Crippen molar-refractivity contribution in [2.45, 2.75) is 37.8 Å². The number of nitrogens with zero attached hydrogens (tertiary/aromatic N) is 1. The van der Waals surface area contributed by atoms with Crippen molar-refractivity contribution in [1.82, 2.24) is 15.5 Å². The van der Waals surface area contributed by atoms with Gasteiger partial charge in [0.25, 0.3) is 5.91 Å². The lowest BCUT2D eigenvalue weighted by atomic mass is 9.96. The van der Waals surface area contributed by atoms with Gasteiger partial charge in [0.15, 0.2) is 0 Å². The van der Waals surface area contributed by atoms with Gasteiger partial charge in [-0.05, 0) is 68.1 Å². The molecule has 2 fully saturated rings. The highest BCUT2D eigenvalue weighted by Crippen LogP contribution is 2.40. The van der Waals surface area contributed by atoms with Crippen LogP contribution < -0.4 is 10.6 Å². The molecule has 2 unspecified atom stereocenters. The SMILES string of the molecule is O=C(O)CNC(=O)c1ccc(CN2CCC(CNC3CC3c3ccccc3)CC2)cc1. The maximum Gasteiger partial charge on any atom is 0.322 e. The first kappa shape index (κ1) is 21.5. The number of amides is 1. The second kappa shape index (κ2) is 10.1. The Kier molecular flexibility index (Phi) is 6.99. The molecule has 0 aromatic heterocycles. The third kappa shape index (κ3) is 6.15. The highest BCUT2D eigenvalue weighted by molar-refractivity contribution is 5.95. The molecule has 1 aliphatic heterocycles. The molecule has 1 saturated carbocycles. The number of carboxylic acids is 1. The summed E-state index contributed by atoms with van der Waals surface area (Å²) in [6.45, 7) is 3.83. The summed E-state index contributed by atoms with van der Waals surface area (Å²) in [6, 6.07) is 18.9. The molecule has 6 heteroatoms. The fourth-order valence-corrected chi connectivity index (χ4v) is 4.43. The molecule has 4 rings (SSSR count). The van der Waals surface area contributed by atoms with Crippen molar-refractivity contribution in [3.05, 3.63) is 71.3 Å². The summed E-state index contributed by atoms with van der Waals surface area (Å²) < 4.78 is 0. The van der Waals surface area contributed by atoms with Crippen molar-refractivity contribution in [1.29, 1.82) is 0 Å². The van der Waals surface area contributed by atoms with Gasteiger partial charge in [-0.3, -0.25) is 14.5 Å². The molecule has 0 spiro atoms. The first-order valence-corrected chi connectivity index (χ1v) is 11.2. The van der Waals surface area contributed by atoms with E-state index in [0.29, 0.717) is 17.5 Å². The molecule has 6 nitrogen and oxygen atoms in total. The first-order chi connectivity index (χ1) is 15.1. The van der Waals surface area contributed by atoms with E-state index in [1.807, 2.05) is 12.1 Å². The van der Waals surface area contributed by atoms with E-state index >= 15 is 0 Å². The Balaban J connectivity index is 1.15. The standard InChI is InChI=1S/C25H31N3O3/c29-24(30)16-27-25(31)21-8-6-19(7-9-21)17-28-12-10-18(11-13-28)15-26-23-14-22(23)20-4-2-1-3-5-20/h1-9,18,22-23,26H,10-17H2,(H,27,31)(H,29,30). The van der Waals surface area contributed by atoms with E-state index in [9.17, 15) is 9.59 Å². The zero-order chi connectivity index (χ0) is 21.6. The lowest BCUT2D eigenvalue weighted by Crippen LogP contribution is -2.37. The Morgan fingerprint density at radius 2 is 1.71 bits per heavy atom. The van der Waals surface area contributed by atoms with Crippen molar-refractivity contribution in [3.63, 3.8) is 0 Å². The number of carbonyl (C=O) groups excluding carboxylic acids is 1. The minimum absolute atomic E-state index is 0.354. The molecule has 0 bridgehead atoms. The van der Waals surface area contributed by atoms with Crippen molar-refractivity contribution in [2.75, 3.05) is 26.2 Å². The summed E-state index contributed by atoms with van der Waals surface area (Å²) in [7, 11) is 0. The van der Waals surface area contributed by atoms with Gasteiger partial charge in [0.05, 0.1) is 0 Å². The molecule has 1 saturated heterocycles. The Morgan fingerprint density at radius 1 is 1.00 bits per heavy atom. The van der Waals surface area contributed by atoms with Crippen LogP contribution in [-0.4, -0.2) is 54.1 Å². The average molecular weight is 422 g/mol. The first-order valence-electron chi connectivity index (χ1n) is 11.2. The third-order valence-electron chi connectivity index (χ3n) is 6.42. The summed E-state index contributed by atoms with van der Waals surface area (Å²) in [5.41, 5.74) is 3.12. The maximum absolute atomic E-state index is 11.9. The molecule has 2 aliphatic rings. The predicted molar refractivity (Wildman–Crippen MR) is 120 cm³/mol. The van der Waals surface area contributed by atoms with Crippen LogP contribution in [0.2, 0.25) is 0 Å². The third-order valence-corrected chi connectivity index (χ3v) is 6.42. The molecular weight excluding hydrogens is 390 g/mol. The van der Waals surface area contributed by atoms with Crippen LogP contribution >= 0.6 is 0 Å². The molecule has 2 aromatic carbocycles. The van der Waals surface area contributed by atoms with Gasteiger partial charge in [-0.1, -0.05) is 42.5 Å². The zero-order valence-electron chi connectivity index (χ0n) is 17.8. The summed E-state index contributed by atoms with van der Waals surface area (Å²) in [5.74, 6) is 0.0354. The quantitative estimate of drug-likeness (QED) is 0.580. The zero-order valence-corrected chi connectivity index (χ0v) is 17.8. The van der Waals surface area contributed by atoms with Gasteiger partial charge >= 0.3 is 5.97 Å². The number of aliphatic carboxylic acids is 1. The van der Waals surface area contributed by atoms with Crippen molar-refractivity contribution < 1.29 is 14.7 Å². The largest absolute Gasteiger partial charge is 0.480 e. The molecule has 1 aliphatic carbocycles. The minimum atomic E-state index is -1.04. The highest BCUT2D eigenvalue weighted by atomic mass is 16.4. The minimum Gasteiger partial charge on any atom is -0.480 e. The van der Waals surface area contributed by atoms with E-state index in [0.717, 1.165) is 32.1 Å². The fourth-order valence-electron chi connectivity index (χ4n) is 4.43. The van der Waals surface area contributed by atoms with Crippen molar-refractivity contribution >= 4 is 11.9 Å². The average Bonchev–Trinajstić information content (AvgIpc) is 3.58. The smallest absolute Gasteiger partial charge is 0.322 e. The number of carboxylic acid groups (broad SMARTS) is 1.